The molecule has 0 aliphatic rings. The SMILES string of the molecule is CC(C)n1c(CN)nnc1-c1cccc(Cl)c1. The zero-order valence-corrected chi connectivity index (χ0v) is 10.6. The third-order valence-corrected chi connectivity index (χ3v) is 2.78. The second-order valence-electron chi connectivity index (χ2n) is 4.12. The molecule has 2 aromatic rings. The molecule has 0 saturated carbocycles. The van der Waals surface area contributed by atoms with E-state index in [4.69, 9.17) is 17.3 Å². The van der Waals surface area contributed by atoms with E-state index < -0.39 is 0 Å². The summed E-state index contributed by atoms with van der Waals surface area (Å²) in [5.74, 6) is 1.60. The molecule has 2 rings (SSSR count). The van der Waals surface area contributed by atoms with Gasteiger partial charge in [0.1, 0.15) is 5.82 Å². The lowest BCUT2D eigenvalue weighted by atomic mass is 10.2. The van der Waals surface area contributed by atoms with Crippen LogP contribution in [0.4, 0.5) is 0 Å². The molecular formula is C12H15ClN4. The van der Waals surface area contributed by atoms with Gasteiger partial charge in [-0.05, 0) is 26.0 Å². The average molecular weight is 251 g/mol. The van der Waals surface area contributed by atoms with Crippen LogP contribution in [0.25, 0.3) is 11.4 Å². The molecular weight excluding hydrogens is 236 g/mol. The van der Waals surface area contributed by atoms with Gasteiger partial charge in [-0.25, -0.2) is 0 Å². The number of benzene rings is 1. The van der Waals surface area contributed by atoms with E-state index in [1.807, 2.05) is 28.8 Å². The summed E-state index contributed by atoms with van der Waals surface area (Å²) in [5.41, 5.74) is 6.62. The van der Waals surface area contributed by atoms with Gasteiger partial charge in [-0.1, -0.05) is 23.7 Å². The predicted molar refractivity (Wildman–Crippen MR) is 68.7 cm³/mol. The molecule has 0 atom stereocenters. The van der Waals surface area contributed by atoms with Crippen molar-refractivity contribution in [3.63, 3.8) is 0 Å². The maximum atomic E-state index is 5.99. The highest BCUT2D eigenvalue weighted by molar-refractivity contribution is 6.30. The maximum Gasteiger partial charge on any atom is 0.164 e. The highest BCUT2D eigenvalue weighted by Crippen LogP contribution is 2.24. The van der Waals surface area contributed by atoms with Crippen molar-refractivity contribution >= 4 is 11.6 Å². The minimum atomic E-state index is 0.262. The molecule has 0 amide bonds. The van der Waals surface area contributed by atoms with Crippen molar-refractivity contribution in [1.82, 2.24) is 14.8 Å². The zero-order valence-electron chi connectivity index (χ0n) is 9.89. The summed E-state index contributed by atoms with van der Waals surface area (Å²) in [6.07, 6.45) is 0. The Morgan fingerprint density at radius 2 is 2.12 bits per heavy atom. The number of halogens is 1. The molecule has 1 aromatic carbocycles. The van der Waals surface area contributed by atoms with E-state index in [9.17, 15) is 0 Å². The van der Waals surface area contributed by atoms with Crippen molar-refractivity contribution in [2.45, 2.75) is 26.4 Å². The summed E-state index contributed by atoms with van der Waals surface area (Å²) >= 11 is 5.99. The Labute approximate surface area is 105 Å². The van der Waals surface area contributed by atoms with Crippen LogP contribution in [0.15, 0.2) is 24.3 Å². The Morgan fingerprint density at radius 1 is 1.35 bits per heavy atom. The van der Waals surface area contributed by atoms with Crippen molar-refractivity contribution < 1.29 is 0 Å². The van der Waals surface area contributed by atoms with Gasteiger partial charge in [-0.15, -0.1) is 10.2 Å². The quantitative estimate of drug-likeness (QED) is 0.911. The lowest BCUT2D eigenvalue weighted by molar-refractivity contribution is 0.574. The molecule has 0 spiro atoms. The van der Waals surface area contributed by atoms with Crippen LogP contribution in [0, 0.1) is 0 Å². The normalized spacial score (nSPS) is 11.1. The van der Waals surface area contributed by atoms with Gasteiger partial charge in [0.25, 0.3) is 0 Å². The van der Waals surface area contributed by atoms with Crippen LogP contribution in [0.3, 0.4) is 0 Å². The molecule has 2 N–H and O–H groups in total. The topological polar surface area (TPSA) is 56.7 Å². The summed E-state index contributed by atoms with van der Waals surface area (Å²) in [4.78, 5) is 0. The first kappa shape index (κ1) is 12.1. The van der Waals surface area contributed by atoms with Gasteiger partial charge in [0.2, 0.25) is 0 Å². The van der Waals surface area contributed by atoms with Gasteiger partial charge in [-0.2, -0.15) is 0 Å². The fourth-order valence-electron chi connectivity index (χ4n) is 1.83. The maximum absolute atomic E-state index is 5.99. The number of hydrogen-bond acceptors (Lipinski definition) is 3. The van der Waals surface area contributed by atoms with Gasteiger partial charge < -0.3 is 10.3 Å². The Balaban J connectivity index is 2.56. The molecule has 0 aliphatic carbocycles. The van der Waals surface area contributed by atoms with Crippen molar-refractivity contribution in [2.24, 2.45) is 5.73 Å². The molecule has 0 fully saturated rings. The molecule has 1 aromatic heterocycles. The van der Waals surface area contributed by atoms with Gasteiger partial charge in [0.15, 0.2) is 5.82 Å². The first-order valence-electron chi connectivity index (χ1n) is 5.53. The summed E-state index contributed by atoms with van der Waals surface area (Å²) in [7, 11) is 0. The monoisotopic (exact) mass is 250 g/mol. The van der Waals surface area contributed by atoms with Crippen molar-refractivity contribution in [2.75, 3.05) is 0 Å². The van der Waals surface area contributed by atoms with Crippen LogP contribution >= 0.6 is 11.6 Å². The average Bonchev–Trinajstić information content (AvgIpc) is 2.72. The molecule has 0 bridgehead atoms. The molecule has 1 heterocycles. The number of aromatic nitrogens is 3. The van der Waals surface area contributed by atoms with E-state index in [1.54, 1.807) is 0 Å². The van der Waals surface area contributed by atoms with Crippen molar-refractivity contribution in [3.05, 3.63) is 35.1 Å². The smallest absolute Gasteiger partial charge is 0.164 e. The van der Waals surface area contributed by atoms with Gasteiger partial charge in [-0.3, -0.25) is 0 Å². The fraction of sp³-hybridized carbons (Fsp3) is 0.333. The molecule has 0 saturated heterocycles. The summed E-state index contributed by atoms with van der Waals surface area (Å²) in [5, 5.41) is 8.99. The summed E-state index contributed by atoms with van der Waals surface area (Å²) in [6.45, 7) is 4.54. The summed E-state index contributed by atoms with van der Waals surface area (Å²) in [6, 6.07) is 7.85. The minimum absolute atomic E-state index is 0.262. The highest BCUT2D eigenvalue weighted by Gasteiger charge is 2.15. The molecule has 90 valence electrons. The van der Waals surface area contributed by atoms with Crippen molar-refractivity contribution in [1.29, 1.82) is 0 Å². The molecule has 0 unspecified atom stereocenters. The lowest BCUT2D eigenvalue weighted by Gasteiger charge is -2.13. The molecule has 0 radical (unpaired) electrons. The van der Waals surface area contributed by atoms with E-state index in [0.717, 1.165) is 17.2 Å². The number of nitrogens with two attached hydrogens (primary N) is 1. The number of rotatable bonds is 3. The molecule has 5 heteroatoms. The highest BCUT2D eigenvalue weighted by atomic mass is 35.5. The first-order valence-corrected chi connectivity index (χ1v) is 5.91. The standard InChI is InChI=1S/C12H15ClN4/c1-8(2)17-11(7-14)15-16-12(17)9-4-3-5-10(13)6-9/h3-6,8H,7,14H2,1-2H3. The van der Waals surface area contributed by atoms with E-state index >= 15 is 0 Å². The molecule has 4 nitrogen and oxygen atoms in total. The van der Waals surface area contributed by atoms with Crippen LogP contribution in [-0.2, 0) is 6.54 Å². The first-order chi connectivity index (χ1) is 8.13. The Morgan fingerprint density at radius 3 is 2.71 bits per heavy atom. The van der Waals surface area contributed by atoms with Gasteiger partial charge >= 0.3 is 0 Å². The Kier molecular flexibility index (Phi) is 3.45. The van der Waals surface area contributed by atoms with Crippen LogP contribution in [0.5, 0.6) is 0 Å². The Bertz CT molecular complexity index is 519. The van der Waals surface area contributed by atoms with Crippen LogP contribution < -0.4 is 5.73 Å². The van der Waals surface area contributed by atoms with E-state index in [2.05, 4.69) is 24.0 Å². The van der Waals surface area contributed by atoms with Gasteiger partial charge in [0, 0.05) is 16.6 Å². The second-order valence-corrected chi connectivity index (χ2v) is 4.55. The van der Waals surface area contributed by atoms with Crippen LogP contribution in [0.2, 0.25) is 5.02 Å². The second kappa shape index (κ2) is 4.85. The van der Waals surface area contributed by atoms with Gasteiger partial charge in [0.05, 0.1) is 6.54 Å². The van der Waals surface area contributed by atoms with Crippen LogP contribution in [0.1, 0.15) is 25.7 Å². The fourth-order valence-corrected chi connectivity index (χ4v) is 2.02. The minimum Gasteiger partial charge on any atom is -0.324 e. The van der Waals surface area contributed by atoms with Crippen molar-refractivity contribution in [3.8, 4) is 11.4 Å². The molecule has 17 heavy (non-hydrogen) atoms. The van der Waals surface area contributed by atoms with E-state index in [-0.39, 0.29) is 6.04 Å². The predicted octanol–water partition coefficient (Wildman–Crippen LogP) is 2.64. The third-order valence-electron chi connectivity index (χ3n) is 2.55. The summed E-state index contributed by atoms with van der Waals surface area (Å²) < 4.78 is 2.03. The van der Waals surface area contributed by atoms with E-state index in [1.165, 1.54) is 0 Å². The molecule has 0 aliphatic heterocycles. The largest absolute Gasteiger partial charge is 0.324 e. The van der Waals surface area contributed by atoms with Crippen LogP contribution in [-0.4, -0.2) is 14.8 Å². The Hall–Kier alpha value is -1.39. The zero-order chi connectivity index (χ0) is 12.4. The van der Waals surface area contributed by atoms with E-state index in [0.29, 0.717) is 11.6 Å². The number of hydrogen-bond donors (Lipinski definition) is 1. The number of nitrogens with zero attached hydrogens (tertiary/aromatic N) is 3. The third kappa shape index (κ3) is 2.33. The lowest BCUT2D eigenvalue weighted by Crippen LogP contribution is -2.11.